The Balaban J connectivity index is 2.12. The van der Waals surface area contributed by atoms with Crippen LogP contribution >= 0.6 is 23.1 Å². The Kier molecular flexibility index (Phi) is 4.04. The Morgan fingerprint density at radius 1 is 1.61 bits per heavy atom. The summed E-state index contributed by atoms with van der Waals surface area (Å²) < 4.78 is 0. The van der Waals surface area contributed by atoms with Crippen LogP contribution < -0.4 is 0 Å². The molecule has 1 unspecified atom stereocenters. The average molecular weight is 285 g/mol. The molecule has 0 bridgehead atoms. The quantitative estimate of drug-likeness (QED) is 0.926. The van der Waals surface area contributed by atoms with Crippen LogP contribution in [0.15, 0.2) is 11.4 Å². The summed E-state index contributed by atoms with van der Waals surface area (Å²) >= 11 is 3.44. The molecule has 1 atom stereocenters. The topological polar surface area (TPSA) is 40.5 Å². The molecule has 5 heteroatoms. The van der Waals surface area contributed by atoms with Gasteiger partial charge in [0.2, 0.25) is 5.91 Å². The van der Waals surface area contributed by atoms with Crippen LogP contribution in [0.25, 0.3) is 0 Å². The van der Waals surface area contributed by atoms with E-state index in [4.69, 9.17) is 0 Å². The second-order valence-electron chi connectivity index (χ2n) is 5.31. The first kappa shape index (κ1) is 13.9. The second-order valence-corrected chi connectivity index (χ2v) is 7.52. The zero-order valence-corrected chi connectivity index (χ0v) is 12.6. The van der Waals surface area contributed by atoms with Crippen molar-refractivity contribution in [1.82, 2.24) is 4.90 Å². The van der Waals surface area contributed by atoms with E-state index in [9.17, 15) is 9.90 Å². The van der Waals surface area contributed by atoms with Crippen molar-refractivity contribution in [2.24, 2.45) is 0 Å². The number of thioether (sulfide) groups is 1. The lowest BCUT2D eigenvalue weighted by Gasteiger charge is -2.30. The third kappa shape index (κ3) is 3.08. The number of carbonyl (C=O) groups excluding carboxylic acids is 1. The molecule has 0 fully saturated rings. The molecule has 1 aromatic rings. The molecule has 0 saturated heterocycles. The van der Waals surface area contributed by atoms with Gasteiger partial charge in [-0.25, -0.2) is 0 Å². The van der Waals surface area contributed by atoms with E-state index in [1.807, 2.05) is 0 Å². The largest absolute Gasteiger partial charge is 0.389 e. The van der Waals surface area contributed by atoms with Gasteiger partial charge in [-0.05, 0) is 43.0 Å². The molecular formula is C13H19NO2S2. The summed E-state index contributed by atoms with van der Waals surface area (Å²) in [5.74, 6) is 1.10. The first-order chi connectivity index (χ1) is 8.38. The molecule has 1 aliphatic rings. The van der Waals surface area contributed by atoms with Crippen molar-refractivity contribution < 1.29 is 9.90 Å². The highest BCUT2D eigenvalue weighted by atomic mass is 32.2. The smallest absolute Gasteiger partial charge is 0.240 e. The number of hydrogen-bond acceptors (Lipinski definition) is 4. The SMILES string of the molecule is CN(CC(C)(C)O)C(=O)C1SCCc2sccc21. The first-order valence-electron chi connectivity index (χ1n) is 6.04. The standard InChI is InChI=1S/C13H19NO2S2/c1-13(2,16)8-14(3)12(15)11-9-4-6-17-10(9)5-7-18-11/h4,6,11,16H,5,7-8H2,1-3H3. The van der Waals surface area contributed by atoms with Crippen LogP contribution in [0.2, 0.25) is 0 Å². The zero-order valence-electron chi connectivity index (χ0n) is 11.0. The number of aliphatic hydroxyl groups is 1. The third-order valence-corrected chi connectivity index (χ3v) is 5.13. The Morgan fingerprint density at radius 2 is 2.33 bits per heavy atom. The molecule has 2 heterocycles. The number of hydrogen-bond donors (Lipinski definition) is 1. The van der Waals surface area contributed by atoms with Gasteiger partial charge in [0.05, 0.1) is 5.60 Å². The lowest BCUT2D eigenvalue weighted by atomic mass is 10.1. The lowest BCUT2D eigenvalue weighted by molar-refractivity contribution is -0.132. The van der Waals surface area contributed by atoms with E-state index in [2.05, 4.69) is 11.4 Å². The molecule has 0 radical (unpaired) electrons. The highest BCUT2D eigenvalue weighted by Crippen LogP contribution is 2.40. The summed E-state index contributed by atoms with van der Waals surface area (Å²) in [6.45, 7) is 3.81. The van der Waals surface area contributed by atoms with Crippen molar-refractivity contribution in [1.29, 1.82) is 0 Å². The van der Waals surface area contributed by atoms with Crippen LogP contribution in [0.3, 0.4) is 0 Å². The number of rotatable bonds is 3. The van der Waals surface area contributed by atoms with E-state index >= 15 is 0 Å². The summed E-state index contributed by atoms with van der Waals surface area (Å²) in [7, 11) is 1.77. The predicted molar refractivity (Wildman–Crippen MR) is 77.2 cm³/mol. The summed E-state index contributed by atoms with van der Waals surface area (Å²) in [6.07, 6.45) is 1.07. The van der Waals surface area contributed by atoms with E-state index in [1.165, 1.54) is 10.4 Å². The van der Waals surface area contributed by atoms with Gasteiger partial charge in [0, 0.05) is 18.5 Å². The van der Waals surface area contributed by atoms with Crippen molar-refractivity contribution in [3.63, 3.8) is 0 Å². The van der Waals surface area contributed by atoms with Gasteiger partial charge in [-0.3, -0.25) is 4.79 Å². The van der Waals surface area contributed by atoms with Gasteiger partial charge >= 0.3 is 0 Å². The molecular weight excluding hydrogens is 266 g/mol. The number of aryl methyl sites for hydroxylation is 1. The molecule has 0 saturated carbocycles. The van der Waals surface area contributed by atoms with Gasteiger partial charge in [0.25, 0.3) is 0 Å². The summed E-state index contributed by atoms with van der Waals surface area (Å²) in [5, 5.41) is 11.8. The third-order valence-electron chi connectivity index (χ3n) is 2.90. The minimum atomic E-state index is -0.846. The van der Waals surface area contributed by atoms with Crippen molar-refractivity contribution in [3.8, 4) is 0 Å². The molecule has 2 rings (SSSR count). The van der Waals surface area contributed by atoms with Crippen LogP contribution in [-0.2, 0) is 11.2 Å². The molecule has 100 valence electrons. The Labute approximate surface area is 116 Å². The molecule has 1 N–H and O–H groups in total. The van der Waals surface area contributed by atoms with Crippen molar-refractivity contribution in [2.45, 2.75) is 31.1 Å². The number of likely N-dealkylation sites (N-methyl/N-ethyl adjacent to an activating group) is 1. The van der Waals surface area contributed by atoms with Crippen LogP contribution in [0.4, 0.5) is 0 Å². The number of carbonyl (C=O) groups is 1. The highest BCUT2D eigenvalue weighted by molar-refractivity contribution is 8.00. The molecule has 0 aliphatic carbocycles. The molecule has 1 amide bonds. The van der Waals surface area contributed by atoms with Crippen molar-refractivity contribution in [3.05, 3.63) is 21.9 Å². The zero-order chi connectivity index (χ0) is 13.3. The highest BCUT2D eigenvalue weighted by Gasteiger charge is 2.31. The maximum absolute atomic E-state index is 12.4. The lowest BCUT2D eigenvalue weighted by Crippen LogP contribution is -2.41. The molecule has 3 nitrogen and oxygen atoms in total. The fraction of sp³-hybridized carbons (Fsp3) is 0.615. The first-order valence-corrected chi connectivity index (χ1v) is 7.96. The van der Waals surface area contributed by atoms with E-state index < -0.39 is 5.60 Å². The van der Waals surface area contributed by atoms with Crippen LogP contribution in [0.5, 0.6) is 0 Å². The maximum Gasteiger partial charge on any atom is 0.240 e. The number of amides is 1. The van der Waals surface area contributed by atoms with E-state index in [0.717, 1.165) is 12.2 Å². The van der Waals surface area contributed by atoms with Gasteiger partial charge in [0.1, 0.15) is 5.25 Å². The maximum atomic E-state index is 12.4. The summed E-state index contributed by atoms with van der Waals surface area (Å²) in [5.41, 5.74) is 0.324. The van der Waals surface area contributed by atoms with E-state index in [1.54, 1.807) is 48.9 Å². The average Bonchev–Trinajstić information content (AvgIpc) is 2.73. The number of nitrogens with zero attached hydrogens (tertiary/aromatic N) is 1. The molecule has 18 heavy (non-hydrogen) atoms. The van der Waals surface area contributed by atoms with Crippen LogP contribution in [-0.4, -0.2) is 40.9 Å². The molecule has 1 aliphatic heterocycles. The van der Waals surface area contributed by atoms with Gasteiger partial charge in [-0.1, -0.05) is 0 Å². The van der Waals surface area contributed by atoms with E-state index in [0.29, 0.717) is 6.54 Å². The van der Waals surface area contributed by atoms with Crippen LogP contribution in [0.1, 0.15) is 29.5 Å². The predicted octanol–water partition coefficient (Wildman–Crippen LogP) is 2.31. The monoisotopic (exact) mass is 285 g/mol. The summed E-state index contributed by atoms with van der Waals surface area (Å²) in [6, 6.07) is 2.06. The second kappa shape index (κ2) is 5.23. The van der Waals surface area contributed by atoms with Crippen molar-refractivity contribution in [2.75, 3.05) is 19.3 Å². The molecule has 1 aromatic heterocycles. The van der Waals surface area contributed by atoms with Crippen molar-refractivity contribution >= 4 is 29.0 Å². The minimum Gasteiger partial charge on any atom is -0.389 e. The molecule has 0 aromatic carbocycles. The normalized spacial score (nSPS) is 19.4. The Bertz CT molecular complexity index is 436. The fourth-order valence-corrected chi connectivity index (χ4v) is 4.61. The van der Waals surface area contributed by atoms with E-state index in [-0.39, 0.29) is 11.2 Å². The Hall–Kier alpha value is -0.520. The van der Waals surface area contributed by atoms with Gasteiger partial charge in [-0.15, -0.1) is 23.1 Å². The molecule has 0 spiro atoms. The van der Waals surface area contributed by atoms with Gasteiger partial charge in [-0.2, -0.15) is 0 Å². The Morgan fingerprint density at radius 3 is 3.00 bits per heavy atom. The fourth-order valence-electron chi connectivity index (χ4n) is 2.21. The van der Waals surface area contributed by atoms with Gasteiger partial charge < -0.3 is 10.0 Å². The van der Waals surface area contributed by atoms with Crippen LogP contribution in [0, 0.1) is 0 Å². The minimum absolute atomic E-state index is 0.0904. The number of fused-ring (bicyclic) bond motifs is 1. The summed E-state index contributed by atoms with van der Waals surface area (Å²) in [4.78, 5) is 15.4. The number of thiophene rings is 1. The van der Waals surface area contributed by atoms with Gasteiger partial charge in [0.15, 0.2) is 0 Å².